The molecule has 9 heteroatoms. The number of hydrogen-bond donors (Lipinski definition) is 2. The number of aryl methyl sites for hydroxylation is 2. The number of nitrogens with one attached hydrogen (secondary N) is 2. The van der Waals surface area contributed by atoms with Crippen molar-refractivity contribution in [3.63, 3.8) is 0 Å². The lowest BCUT2D eigenvalue weighted by atomic mass is 9.89. The lowest BCUT2D eigenvalue weighted by Crippen LogP contribution is -2.39. The van der Waals surface area contributed by atoms with Gasteiger partial charge in [0.25, 0.3) is 5.91 Å². The summed E-state index contributed by atoms with van der Waals surface area (Å²) in [5, 5.41) is 10.9. The molecule has 5 rings (SSSR count). The zero-order chi connectivity index (χ0) is 29.9. The first-order valence-electron chi connectivity index (χ1n) is 14.5. The van der Waals surface area contributed by atoms with Crippen molar-refractivity contribution >= 4 is 23.4 Å². The molecule has 0 unspecified atom stereocenters. The van der Waals surface area contributed by atoms with Gasteiger partial charge in [0.15, 0.2) is 0 Å². The molecule has 2 aromatic heterocycles. The molecule has 0 saturated carbocycles. The number of amides is 3. The zero-order valence-corrected chi connectivity index (χ0v) is 25.0. The molecule has 2 aromatic carbocycles. The van der Waals surface area contributed by atoms with E-state index in [0.29, 0.717) is 30.5 Å². The predicted molar refractivity (Wildman–Crippen MR) is 165 cm³/mol. The van der Waals surface area contributed by atoms with Gasteiger partial charge in [-0.05, 0) is 62.8 Å². The molecule has 0 radical (unpaired) electrons. The largest absolute Gasteiger partial charge is 0.337 e. The summed E-state index contributed by atoms with van der Waals surface area (Å²) in [6, 6.07) is 17.6. The second-order valence-electron chi connectivity index (χ2n) is 12.1. The van der Waals surface area contributed by atoms with E-state index in [2.05, 4.69) is 47.4 Å². The SMILES string of the molecule is Cc1ccc(-n2nc(C(C)(C)C)cc2NC(=O)Nc2ccccc2CC2CCN(C(=O)c3cnc(C)cn3)CC2)cc1. The van der Waals surface area contributed by atoms with Crippen LogP contribution in [-0.4, -0.2) is 49.7 Å². The van der Waals surface area contributed by atoms with E-state index in [9.17, 15) is 9.59 Å². The Balaban J connectivity index is 1.24. The maximum Gasteiger partial charge on any atom is 0.324 e. The van der Waals surface area contributed by atoms with Crippen LogP contribution in [0.1, 0.15) is 66.6 Å². The molecule has 1 saturated heterocycles. The molecule has 3 heterocycles. The Morgan fingerprint density at radius 3 is 2.31 bits per heavy atom. The maximum atomic E-state index is 13.3. The number of nitrogens with zero attached hydrogens (tertiary/aromatic N) is 5. The number of piperidine rings is 1. The van der Waals surface area contributed by atoms with E-state index in [1.54, 1.807) is 17.1 Å². The number of urea groups is 1. The Hall–Kier alpha value is -4.53. The summed E-state index contributed by atoms with van der Waals surface area (Å²) >= 11 is 0. The molecule has 1 aliphatic heterocycles. The molecule has 4 aromatic rings. The molecule has 2 N–H and O–H groups in total. The number of hydrogen-bond acceptors (Lipinski definition) is 5. The van der Waals surface area contributed by atoms with Gasteiger partial charge in [0.1, 0.15) is 11.5 Å². The molecular weight excluding hydrogens is 526 g/mol. The van der Waals surface area contributed by atoms with E-state index in [0.717, 1.165) is 53.2 Å². The lowest BCUT2D eigenvalue weighted by Gasteiger charge is -2.32. The number of carbonyl (C=O) groups is 2. The van der Waals surface area contributed by atoms with E-state index in [1.165, 1.54) is 0 Å². The molecular formula is C33H39N7O2. The van der Waals surface area contributed by atoms with Crippen LogP contribution >= 0.6 is 0 Å². The lowest BCUT2D eigenvalue weighted by molar-refractivity contribution is 0.0684. The minimum absolute atomic E-state index is 0.0702. The van der Waals surface area contributed by atoms with E-state index < -0.39 is 0 Å². The van der Waals surface area contributed by atoms with Crippen molar-refractivity contribution in [2.45, 2.75) is 59.3 Å². The average molecular weight is 566 g/mol. The maximum absolute atomic E-state index is 13.3. The number of rotatable bonds is 6. The van der Waals surface area contributed by atoms with Crippen LogP contribution in [0, 0.1) is 19.8 Å². The van der Waals surface area contributed by atoms with Crippen LogP contribution in [0.25, 0.3) is 5.69 Å². The third-order valence-corrected chi connectivity index (χ3v) is 7.67. The highest BCUT2D eigenvalue weighted by atomic mass is 16.2. The average Bonchev–Trinajstić information content (AvgIpc) is 3.39. The van der Waals surface area contributed by atoms with Gasteiger partial charge in [0.2, 0.25) is 0 Å². The monoisotopic (exact) mass is 565 g/mol. The second-order valence-corrected chi connectivity index (χ2v) is 12.1. The highest BCUT2D eigenvalue weighted by molar-refractivity contribution is 6.00. The van der Waals surface area contributed by atoms with Crippen molar-refractivity contribution in [3.8, 4) is 5.69 Å². The normalized spacial score (nSPS) is 14.1. The summed E-state index contributed by atoms with van der Waals surface area (Å²) in [4.78, 5) is 36.4. The van der Waals surface area contributed by atoms with Crippen molar-refractivity contribution < 1.29 is 9.59 Å². The minimum Gasteiger partial charge on any atom is -0.337 e. The quantitative estimate of drug-likeness (QED) is 0.285. The highest BCUT2D eigenvalue weighted by Crippen LogP contribution is 2.28. The molecule has 1 aliphatic rings. The van der Waals surface area contributed by atoms with Crippen molar-refractivity contribution in [2.24, 2.45) is 5.92 Å². The molecule has 1 fully saturated rings. The third kappa shape index (κ3) is 6.84. The van der Waals surface area contributed by atoms with Gasteiger partial charge in [-0.15, -0.1) is 0 Å². The van der Waals surface area contributed by atoms with Crippen molar-refractivity contribution in [3.05, 3.63) is 95.2 Å². The van der Waals surface area contributed by atoms with Gasteiger partial charge in [-0.3, -0.25) is 15.1 Å². The standard InChI is InChI=1S/C33H39N7O2/c1-22-10-12-26(13-11-22)40-30(19-29(38-40)33(3,4)5)37-32(42)36-27-9-7-6-8-25(27)18-24-14-16-39(17-15-24)31(41)28-21-34-23(2)20-35-28/h6-13,19-21,24H,14-18H2,1-5H3,(H2,36,37,42). The number of aromatic nitrogens is 4. The number of carbonyl (C=O) groups excluding carboxylic acids is 2. The van der Waals surface area contributed by atoms with Crippen LogP contribution in [0.15, 0.2) is 67.0 Å². The number of benzene rings is 2. The number of para-hydroxylation sites is 1. The van der Waals surface area contributed by atoms with Crippen LogP contribution < -0.4 is 10.6 Å². The molecule has 218 valence electrons. The molecule has 3 amide bonds. The molecule has 0 atom stereocenters. The van der Waals surface area contributed by atoms with Crippen LogP contribution in [0.5, 0.6) is 0 Å². The summed E-state index contributed by atoms with van der Waals surface area (Å²) < 4.78 is 1.78. The van der Waals surface area contributed by atoms with Gasteiger partial charge in [-0.25, -0.2) is 14.5 Å². The second kappa shape index (κ2) is 12.1. The molecule has 9 nitrogen and oxygen atoms in total. The molecule has 42 heavy (non-hydrogen) atoms. The summed E-state index contributed by atoms with van der Waals surface area (Å²) in [5.74, 6) is 0.940. The first-order valence-corrected chi connectivity index (χ1v) is 14.5. The molecule has 0 spiro atoms. The minimum atomic E-state index is -0.323. The third-order valence-electron chi connectivity index (χ3n) is 7.67. The van der Waals surface area contributed by atoms with Crippen LogP contribution in [0.2, 0.25) is 0 Å². The van der Waals surface area contributed by atoms with E-state index >= 15 is 0 Å². The zero-order valence-electron chi connectivity index (χ0n) is 25.0. The summed E-state index contributed by atoms with van der Waals surface area (Å²) in [7, 11) is 0. The van der Waals surface area contributed by atoms with Gasteiger partial charge in [0, 0.05) is 36.5 Å². The Morgan fingerprint density at radius 1 is 0.929 bits per heavy atom. The van der Waals surface area contributed by atoms with Gasteiger partial charge in [0.05, 0.1) is 23.3 Å². The van der Waals surface area contributed by atoms with Gasteiger partial charge >= 0.3 is 6.03 Å². The first kappa shape index (κ1) is 29.0. The fourth-order valence-electron chi connectivity index (χ4n) is 5.13. The van der Waals surface area contributed by atoms with Crippen molar-refractivity contribution in [1.82, 2.24) is 24.6 Å². The Morgan fingerprint density at radius 2 is 1.64 bits per heavy atom. The molecule has 0 aliphatic carbocycles. The van der Waals surface area contributed by atoms with E-state index in [-0.39, 0.29) is 17.4 Å². The Labute approximate surface area is 247 Å². The van der Waals surface area contributed by atoms with Gasteiger partial charge in [-0.2, -0.15) is 5.10 Å². The summed E-state index contributed by atoms with van der Waals surface area (Å²) in [5.41, 5.74) is 5.77. The van der Waals surface area contributed by atoms with E-state index in [4.69, 9.17) is 5.10 Å². The van der Waals surface area contributed by atoms with Crippen molar-refractivity contribution in [1.29, 1.82) is 0 Å². The predicted octanol–water partition coefficient (Wildman–Crippen LogP) is 6.32. The fraction of sp³-hybridized carbons (Fsp3) is 0.364. The Bertz CT molecular complexity index is 1540. The van der Waals surface area contributed by atoms with Crippen LogP contribution in [-0.2, 0) is 11.8 Å². The Kier molecular flexibility index (Phi) is 8.38. The van der Waals surface area contributed by atoms with Crippen LogP contribution in [0.4, 0.5) is 16.3 Å². The van der Waals surface area contributed by atoms with E-state index in [1.807, 2.05) is 67.3 Å². The van der Waals surface area contributed by atoms with Crippen molar-refractivity contribution in [2.75, 3.05) is 23.7 Å². The topological polar surface area (TPSA) is 105 Å². The van der Waals surface area contributed by atoms with Gasteiger partial charge < -0.3 is 10.2 Å². The number of anilines is 2. The van der Waals surface area contributed by atoms with Gasteiger partial charge in [-0.1, -0.05) is 56.7 Å². The smallest absolute Gasteiger partial charge is 0.324 e. The number of likely N-dealkylation sites (tertiary alicyclic amines) is 1. The summed E-state index contributed by atoms with van der Waals surface area (Å²) in [6.45, 7) is 11.6. The summed E-state index contributed by atoms with van der Waals surface area (Å²) in [6.07, 6.45) is 5.76. The molecule has 0 bridgehead atoms. The van der Waals surface area contributed by atoms with Crippen LogP contribution in [0.3, 0.4) is 0 Å². The fourth-order valence-corrected chi connectivity index (χ4v) is 5.13. The first-order chi connectivity index (χ1) is 20.1. The highest BCUT2D eigenvalue weighted by Gasteiger charge is 2.26.